The van der Waals surface area contributed by atoms with E-state index in [1.54, 1.807) is 48.5 Å². The zero-order valence-electron chi connectivity index (χ0n) is 17.4. The van der Waals surface area contributed by atoms with E-state index in [1.165, 1.54) is 22.9 Å². The van der Waals surface area contributed by atoms with Crippen LogP contribution in [0.3, 0.4) is 0 Å². The Morgan fingerprint density at radius 2 is 1.74 bits per heavy atom. The van der Waals surface area contributed by atoms with Crippen molar-refractivity contribution in [3.8, 4) is 16.9 Å². The summed E-state index contributed by atoms with van der Waals surface area (Å²) < 4.78 is 29.8. The second kappa shape index (κ2) is 8.89. The van der Waals surface area contributed by atoms with Crippen molar-refractivity contribution in [3.63, 3.8) is 0 Å². The lowest BCUT2D eigenvalue weighted by Crippen LogP contribution is -2.05. The highest BCUT2D eigenvalue weighted by Gasteiger charge is 2.21. The summed E-state index contributed by atoms with van der Waals surface area (Å²) in [5.41, 5.74) is 8.45. The number of nitrogens with two attached hydrogens (primary N) is 1. The second-order valence-electron chi connectivity index (χ2n) is 7.45. The van der Waals surface area contributed by atoms with Crippen LogP contribution in [0.5, 0.6) is 0 Å². The van der Waals surface area contributed by atoms with Crippen molar-refractivity contribution in [2.24, 2.45) is 0 Å². The Balaban J connectivity index is 1.66. The van der Waals surface area contributed by atoms with Gasteiger partial charge in [0.05, 0.1) is 26.8 Å². The summed E-state index contributed by atoms with van der Waals surface area (Å²) in [4.78, 5) is 9.00. The number of nitrogens with zero attached hydrogens (tertiary/aromatic N) is 4. The topological polar surface area (TPSA) is 81.7 Å². The number of hydrogen-bond donors (Lipinski definition) is 2. The molecule has 0 atom stereocenters. The number of fused-ring (bicyclic) bond motifs is 1. The Labute approximate surface area is 203 Å². The van der Waals surface area contributed by atoms with Gasteiger partial charge in [0, 0.05) is 12.1 Å². The van der Waals surface area contributed by atoms with Crippen molar-refractivity contribution in [3.05, 3.63) is 94.0 Å². The summed E-state index contributed by atoms with van der Waals surface area (Å²) >= 11 is 12.2. The summed E-state index contributed by atoms with van der Waals surface area (Å²) in [6.45, 7) is 0.253. The first-order valence-corrected chi connectivity index (χ1v) is 10.9. The van der Waals surface area contributed by atoms with Gasteiger partial charge in [-0.05, 0) is 48.0 Å². The van der Waals surface area contributed by atoms with Gasteiger partial charge in [-0.1, -0.05) is 47.5 Å². The summed E-state index contributed by atoms with van der Waals surface area (Å²) in [5, 5.41) is 8.67. The van der Waals surface area contributed by atoms with Gasteiger partial charge in [0.2, 0.25) is 5.95 Å². The molecule has 5 rings (SSSR count). The number of benzene rings is 3. The van der Waals surface area contributed by atoms with Crippen molar-refractivity contribution < 1.29 is 8.78 Å². The third kappa shape index (κ3) is 4.13. The average Bonchev–Trinajstić information content (AvgIpc) is 3.16. The zero-order chi connectivity index (χ0) is 23.8. The largest absolute Gasteiger partial charge is 0.383 e. The summed E-state index contributed by atoms with van der Waals surface area (Å²) in [7, 11) is 0. The van der Waals surface area contributed by atoms with Gasteiger partial charge < -0.3 is 11.1 Å². The van der Waals surface area contributed by atoms with E-state index in [0.29, 0.717) is 26.7 Å². The lowest BCUT2D eigenvalue weighted by Gasteiger charge is -2.09. The van der Waals surface area contributed by atoms with Gasteiger partial charge in [-0.25, -0.2) is 18.4 Å². The molecule has 170 valence electrons. The van der Waals surface area contributed by atoms with Gasteiger partial charge >= 0.3 is 0 Å². The first kappa shape index (κ1) is 22.1. The Hall–Kier alpha value is -3.75. The van der Waals surface area contributed by atoms with E-state index in [4.69, 9.17) is 28.9 Å². The van der Waals surface area contributed by atoms with Crippen LogP contribution in [0.25, 0.3) is 28.0 Å². The molecule has 0 fully saturated rings. The number of anilines is 2. The van der Waals surface area contributed by atoms with E-state index >= 15 is 0 Å². The van der Waals surface area contributed by atoms with Gasteiger partial charge in [-0.2, -0.15) is 4.98 Å². The van der Waals surface area contributed by atoms with E-state index < -0.39 is 5.82 Å². The van der Waals surface area contributed by atoms with E-state index in [-0.39, 0.29) is 41.0 Å². The molecule has 0 unspecified atom stereocenters. The first-order chi connectivity index (χ1) is 16.4. The first-order valence-electron chi connectivity index (χ1n) is 10.2. The van der Waals surface area contributed by atoms with Crippen LogP contribution >= 0.6 is 23.2 Å². The Morgan fingerprint density at radius 3 is 2.50 bits per heavy atom. The quantitative estimate of drug-likeness (QED) is 0.300. The Morgan fingerprint density at radius 1 is 0.912 bits per heavy atom. The highest BCUT2D eigenvalue weighted by atomic mass is 35.5. The number of nitrogens with one attached hydrogen (secondary N) is 1. The lowest BCUT2D eigenvalue weighted by atomic mass is 10.1. The average molecular weight is 497 g/mol. The second-order valence-corrected chi connectivity index (χ2v) is 8.27. The van der Waals surface area contributed by atoms with E-state index in [0.717, 1.165) is 0 Å². The monoisotopic (exact) mass is 496 g/mol. The van der Waals surface area contributed by atoms with Crippen LogP contribution in [0.15, 0.2) is 66.7 Å². The highest BCUT2D eigenvalue weighted by molar-refractivity contribution is 6.42. The van der Waals surface area contributed by atoms with Crippen LogP contribution in [0.2, 0.25) is 10.0 Å². The fraction of sp³-hybridized carbons (Fsp3) is 0.0417. The maximum atomic E-state index is 14.8. The van der Waals surface area contributed by atoms with Crippen LogP contribution in [0.4, 0.5) is 20.5 Å². The predicted octanol–water partition coefficient (Wildman–Crippen LogP) is 6.26. The molecule has 0 aliphatic heterocycles. The summed E-state index contributed by atoms with van der Waals surface area (Å²) in [6.07, 6.45) is 0. The Bertz CT molecular complexity index is 1540. The molecule has 0 aliphatic carbocycles. The normalized spacial score (nSPS) is 11.2. The molecule has 3 N–H and O–H groups in total. The van der Waals surface area contributed by atoms with Crippen LogP contribution in [0.1, 0.15) is 5.56 Å². The molecule has 3 aromatic carbocycles. The van der Waals surface area contributed by atoms with E-state index in [2.05, 4.69) is 20.4 Å². The zero-order valence-corrected chi connectivity index (χ0v) is 18.9. The van der Waals surface area contributed by atoms with Crippen LogP contribution in [0, 0.1) is 11.6 Å². The molecule has 34 heavy (non-hydrogen) atoms. The maximum Gasteiger partial charge on any atom is 0.225 e. The molecule has 0 amide bonds. The molecule has 2 heterocycles. The molecule has 0 saturated carbocycles. The molecule has 2 aromatic heterocycles. The fourth-order valence-corrected chi connectivity index (χ4v) is 3.87. The lowest BCUT2D eigenvalue weighted by molar-refractivity contribution is 0.625. The molecule has 6 nitrogen and oxygen atoms in total. The SMILES string of the molecule is Nc1c2c(-c3ccccc3F)nc(NCc3cccc(F)c3)nc2nn1-c1ccc(Cl)c(Cl)c1. The van der Waals surface area contributed by atoms with E-state index in [9.17, 15) is 8.78 Å². The van der Waals surface area contributed by atoms with Gasteiger partial charge in [0.15, 0.2) is 5.65 Å². The minimum Gasteiger partial charge on any atom is -0.383 e. The number of halogens is 4. The predicted molar refractivity (Wildman–Crippen MR) is 130 cm³/mol. The standard InChI is InChI=1S/C24H16Cl2F2N6/c25-17-9-8-15(11-18(17)26)34-22(29)20-21(16-6-1-2-7-19(16)28)31-24(32-23(20)33-34)30-12-13-4-3-5-14(27)10-13/h1-11H,12,29H2,(H,30,32,33). The molecule has 0 aliphatic rings. The van der Waals surface area contributed by atoms with Crippen LogP contribution < -0.4 is 11.1 Å². The van der Waals surface area contributed by atoms with Gasteiger partial charge in [0.25, 0.3) is 0 Å². The summed E-state index contributed by atoms with van der Waals surface area (Å²) in [5.74, 6) is -0.423. The molecular weight excluding hydrogens is 481 g/mol. The van der Waals surface area contributed by atoms with Crippen molar-refractivity contribution in [2.45, 2.75) is 6.54 Å². The number of hydrogen-bond acceptors (Lipinski definition) is 5. The third-order valence-electron chi connectivity index (χ3n) is 5.19. The van der Waals surface area contributed by atoms with Gasteiger partial charge in [-0.3, -0.25) is 0 Å². The molecular formula is C24H16Cl2F2N6. The van der Waals surface area contributed by atoms with E-state index in [1.807, 2.05) is 0 Å². The molecule has 0 bridgehead atoms. The number of nitrogen functional groups attached to an aromatic ring is 1. The van der Waals surface area contributed by atoms with Crippen molar-refractivity contribution in [1.29, 1.82) is 0 Å². The third-order valence-corrected chi connectivity index (χ3v) is 5.92. The Kier molecular flexibility index (Phi) is 5.77. The van der Waals surface area contributed by atoms with Crippen molar-refractivity contribution in [2.75, 3.05) is 11.1 Å². The van der Waals surface area contributed by atoms with Crippen molar-refractivity contribution in [1.82, 2.24) is 19.7 Å². The van der Waals surface area contributed by atoms with Gasteiger partial charge in [-0.15, -0.1) is 5.10 Å². The van der Waals surface area contributed by atoms with Crippen molar-refractivity contribution >= 4 is 46.0 Å². The summed E-state index contributed by atoms with van der Waals surface area (Å²) in [6, 6.07) is 17.3. The molecule has 0 radical (unpaired) electrons. The molecule has 0 saturated heterocycles. The molecule has 5 aromatic rings. The van der Waals surface area contributed by atoms with Crippen LogP contribution in [-0.2, 0) is 6.54 Å². The minimum atomic E-state index is -0.472. The fourth-order valence-electron chi connectivity index (χ4n) is 3.58. The van der Waals surface area contributed by atoms with Gasteiger partial charge in [0.1, 0.15) is 17.5 Å². The molecule has 0 spiro atoms. The highest BCUT2D eigenvalue weighted by Crippen LogP contribution is 2.35. The molecule has 10 heteroatoms. The number of rotatable bonds is 5. The number of aromatic nitrogens is 4. The minimum absolute atomic E-state index is 0.189. The van der Waals surface area contributed by atoms with Crippen LogP contribution in [-0.4, -0.2) is 19.7 Å². The maximum absolute atomic E-state index is 14.8. The smallest absolute Gasteiger partial charge is 0.225 e.